The Balaban J connectivity index is 1.87. The summed E-state index contributed by atoms with van der Waals surface area (Å²) in [6.45, 7) is 9.80. The zero-order valence-corrected chi connectivity index (χ0v) is 17.0. The lowest BCUT2D eigenvalue weighted by atomic mass is 9.65. The lowest BCUT2D eigenvalue weighted by Gasteiger charge is -2.38. The molecule has 0 aliphatic heterocycles. The van der Waals surface area contributed by atoms with Crippen LogP contribution in [0, 0.1) is 5.92 Å². The van der Waals surface area contributed by atoms with Crippen LogP contribution in [0.15, 0.2) is 54.6 Å². The first-order valence-corrected chi connectivity index (χ1v) is 10.6. The Morgan fingerprint density at radius 3 is 2.36 bits per heavy atom. The molecule has 0 aromatic heterocycles. The highest BCUT2D eigenvalue weighted by molar-refractivity contribution is 6.14. The van der Waals surface area contributed by atoms with E-state index in [0.29, 0.717) is 5.92 Å². The summed E-state index contributed by atoms with van der Waals surface area (Å²) in [5, 5.41) is 7.38. The molecular formula is C28H24. The fraction of sp³-hybridized carbons (Fsp3) is 0.286. The predicted octanol–water partition coefficient (Wildman–Crippen LogP) is 6.01. The average molecular weight is 361 g/mol. The van der Waals surface area contributed by atoms with Crippen LogP contribution in [0.1, 0.15) is 55.5 Å². The molecular weight excluding hydrogens is 336 g/mol. The van der Waals surface area contributed by atoms with Crippen molar-refractivity contribution < 1.29 is 0 Å². The van der Waals surface area contributed by atoms with Crippen LogP contribution < -0.4 is 5.22 Å². The molecule has 4 aromatic rings. The Labute approximate surface area is 165 Å². The minimum Gasteiger partial charge on any atom is -0.0616 e. The summed E-state index contributed by atoms with van der Waals surface area (Å²) in [5.41, 5.74) is 9.61. The molecule has 0 heterocycles. The zero-order valence-electron chi connectivity index (χ0n) is 17.0. The minimum absolute atomic E-state index is 0.0272. The number of hydrogen-bond acceptors (Lipinski definition) is 0. The summed E-state index contributed by atoms with van der Waals surface area (Å²) in [5.74, 6) is 0.577. The van der Waals surface area contributed by atoms with Crippen LogP contribution in [0.2, 0.25) is 0 Å². The van der Waals surface area contributed by atoms with Crippen molar-refractivity contribution in [1.82, 2.24) is 0 Å². The van der Waals surface area contributed by atoms with Gasteiger partial charge in [-0.1, -0.05) is 76.2 Å². The highest BCUT2D eigenvalue weighted by atomic mass is 14.5. The van der Waals surface area contributed by atoms with Crippen LogP contribution in [0.25, 0.3) is 27.1 Å². The van der Waals surface area contributed by atoms with Gasteiger partial charge in [0.1, 0.15) is 0 Å². The summed E-state index contributed by atoms with van der Waals surface area (Å²) in [7, 11) is 0. The van der Waals surface area contributed by atoms with Gasteiger partial charge in [0, 0.05) is 5.41 Å². The highest BCUT2D eigenvalue weighted by Gasteiger charge is 2.50. The Morgan fingerprint density at radius 2 is 1.50 bits per heavy atom. The second-order valence-corrected chi connectivity index (χ2v) is 10.2. The van der Waals surface area contributed by atoms with Gasteiger partial charge < -0.3 is 0 Å². The van der Waals surface area contributed by atoms with Crippen molar-refractivity contribution in [3.05, 3.63) is 87.6 Å². The van der Waals surface area contributed by atoms with E-state index in [1.165, 1.54) is 27.3 Å². The standard InChI is InChI=1S/C28H24/c1-27(2)18-9-6-10-19-24(18)26-21(28(19,3)4)14-17-12-11-15-7-5-8-16-13-20(27)25(26)23(17)22(15)16/h5-13,21H,14H2,1-4H3. The van der Waals surface area contributed by atoms with Crippen LogP contribution >= 0.6 is 0 Å². The number of benzene rings is 4. The van der Waals surface area contributed by atoms with Gasteiger partial charge in [0.25, 0.3) is 0 Å². The second kappa shape index (κ2) is 4.35. The van der Waals surface area contributed by atoms with E-state index in [1.54, 1.807) is 32.9 Å². The van der Waals surface area contributed by atoms with Crippen molar-refractivity contribution in [2.24, 2.45) is 5.92 Å². The fourth-order valence-electron chi connectivity index (χ4n) is 6.81. The monoisotopic (exact) mass is 360 g/mol. The zero-order chi connectivity index (χ0) is 19.0. The maximum absolute atomic E-state index is 2.50. The van der Waals surface area contributed by atoms with E-state index in [1.807, 2.05) is 0 Å². The predicted molar refractivity (Wildman–Crippen MR) is 118 cm³/mol. The Hall–Kier alpha value is -2.60. The first-order chi connectivity index (χ1) is 13.4. The van der Waals surface area contributed by atoms with Crippen LogP contribution in [-0.4, -0.2) is 0 Å². The Morgan fingerprint density at radius 1 is 0.750 bits per heavy atom. The number of hydrogen-bond donors (Lipinski definition) is 0. The molecule has 0 nitrogen and oxygen atoms in total. The van der Waals surface area contributed by atoms with Gasteiger partial charge in [0.05, 0.1) is 0 Å². The Bertz CT molecular complexity index is 1430. The molecule has 0 fully saturated rings. The van der Waals surface area contributed by atoms with Crippen molar-refractivity contribution in [2.45, 2.75) is 44.9 Å². The van der Waals surface area contributed by atoms with E-state index in [-0.39, 0.29) is 10.8 Å². The first-order valence-electron chi connectivity index (χ1n) is 10.6. The number of rotatable bonds is 0. The van der Waals surface area contributed by atoms with Crippen molar-refractivity contribution >= 4 is 27.1 Å². The molecule has 0 spiro atoms. The smallest absolute Gasteiger partial charge is 0.0159 e. The summed E-state index contributed by atoms with van der Waals surface area (Å²) in [4.78, 5) is 0. The molecule has 1 atom stereocenters. The van der Waals surface area contributed by atoms with Gasteiger partial charge in [-0.15, -0.1) is 0 Å². The molecule has 7 rings (SSSR count). The summed E-state index contributed by atoms with van der Waals surface area (Å²) < 4.78 is 0. The van der Waals surface area contributed by atoms with Gasteiger partial charge in [0.2, 0.25) is 0 Å². The first kappa shape index (κ1) is 15.3. The largest absolute Gasteiger partial charge is 0.0616 e. The molecule has 0 radical (unpaired) electrons. The average Bonchev–Trinajstić information content (AvgIpc) is 2.92. The van der Waals surface area contributed by atoms with Gasteiger partial charge >= 0.3 is 0 Å². The molecule has 1 unspecified atom stereocenters. The molecule has 0 bridgehead atoms. The van der Waals surface area contributed by atoms with E-state index in [4.69, 9.17) is 0 Å². The molecule has 136 valence electrons. The van der Waals surface area contributed by atoms with E-state index in [0.717, 1.165) is 6.42 Å². The van der Waals surface area contributed by atoms with Crippen molar-refractivity contribution in [3.63, 3.8) is 0 Å². The quantitative estimate of drug-likeness (QED) is 0.360. The lowest BCUT2D eigenvalue weighted by Crippen LogP contribution is -2.38. The van der Waals surface area contributed by atoms with E-state index >= 15 is 0 Å². The normalized spacial score (nSPS) is 22.3. The molecule has 3 aliphatic carbocycles. The van der Waals surface area contributed by atoms with Gasteiger partial charge in [0.15, 0.2) is 0 Å². The van der Waals surface area contributed by atoms with Crippen LogP contribution in [0.5, 0.6) is 0 Å². The third-order valence-corrected chi connectivity index (χ3v) is 8.27. The van der Waals surface area contributed by atoms with Gasteiger partial charge in [-0.2, -0.15) is 0 Å². The summed E-state index contributed by atoms with van der Waals surface area (Å²) in [6, 6.07) is 21.1. The molecule has 28 heavy (non-hydrogen) atoms. The van der Waals surface area contributed by atoms with Crippen LogP contribution in [-0.2, 0) is 17.3 Å². The Kier molecular flexibility index (Phi) is 2.38. The van der Waals surface area contributed by atoms with Gasteiger partial charge in [-0.05, 0) is 84.0 Å². The van der Waals surface area contributed by atoms with E-state index in [2.05, 4.69) is 82.3 Å². The topological polar surface area (TPSA) is 0 Å². The third kappa shape index (κ3) is 1.44. The highest BCUT2D eigenvalue weighted by Crippen LogP contribution is 2.57. The molecule has 0 amide bonds. The van der Waals surface area contributed by atoms with Crippen molar-refractivity contribution in [1.29, 1.82) is 0 Å². The molecule has 0 saturated carbocycles. The van der Waals surface area contributed by atoms with Crippen molar-refractivity contribution in [2.75, 3.05) is 0 Å². The molecule has 4 aromatic carbocycles. The van der Waals surface area contributed by atoms with Crippen LogP contribution in [0.4, 0.5) is 0 Å². The molecule has 3 aliphatic rings. The lowest BCUT2D eigenvalue weighted by molar-refractivity contribution is 0.409. The van der Waals surface area contributed by atoms with E-state index < -0.39 is 0 Å². The summed E-state index contributed by atoms with van der Waals surface area (Å²) >= 11 is 0. The third-order valence-electron chi connectivity index (χ3n) is 8.27. The molecule has 0 N–H and O–H groups in total. The molecule has 0 heteroatoms. The SMILES string of the molecule is CC1(C)c2cccc3c2C2=c4c1cc1cccc5ccc(c4c51)CC2C3(C)C. The van der Waals surface area contributed by atoms with Gasteiger partial charge in [-0.25, -0.2) is 0 Å². The maximum atomic E-state index is 2.50. The second-order valence-electron chi connectivity index (χ2n) is 10.2. The van der Waals surface area contributed by atoms with Crippen LogP contribution in [0.3, 0.4) is 0 Å². The maximum Gasteiger partial charge on any atom is 0.0159 e. The fourth-order valence-corrected chi connectivity index (χ4v) is 6.81. The van der Waals surface area contributed by atoms with Crippen molar-refractivity contribution in [3.8, 4) is 0 Å². The summed E-state index contributed by atoms with van der Waals surface area (Å²) in [6.07, 6.45) is 1.16. The molecule has 0 saturated heterocycles. The van der Waals surface area contributed by atoms with E-state index in [9.17, 15) is 0 Å². The van der Waals surface area contributed by atoms with Gasteiger partial charge in [-0.3, -0.25) is 0 Å². The minimum atomic E-state index is 0.0272.